The van der Waals surface area contributed by atoms with Crippen LogP contribution in [0.15, 0.2) is 18.2 Å². The van der Waals surface area contributed by atoms with Gasteiger partial charge < -0.3 is 10.4 Å². The number of alkyl halides is 5. The Morgan fingerprint density at radius 3 is 2.32 bits per heavy atom. The van der Waals surface area contributed by atoms with Crippen LogP contribution in [0.25, 0.3) is 0 Å². The third kappa shape index (κ3) is 3.55. The Labute approximate surface area is 105 Å². The highest BCUT2D eigenvalue weighted by atomic mass is 19.4. The van der Waals surface area contributed by atoms with Crippen molar-refractivity contribution in [3.8, 4) is 0 Å². The van der Waals surface area contributed by atoms with E-state index in [1.54, 1.807) is 6.92 Å². The summed E-state index contributed by atoms with van der Waals surface area (Å²) in [6, 6.07) is 3.72. The van der Waals surface area contributed by atoms with Gasteiger partial charge in [0.05, 0.1) is 12.1 Å². The number of aromatic carboxylic acids is 1. The first kappa shape index (κ1) is 15.2. The molecule has 0 radical (unpaired) electrons. The van der Waals surface area contributed by atoms with Crippen molar-refractivity contribution in [1.82, 2.24) is 0 Å². The summed E-state index contributed by atoms with van der Waals surface area (Å²) in [5.74, 6) is -6.35. The summed E-state index contributed by atoms with van der Waals surface area (Å²) < 4.78 is 61.2. The van der Waals surface area contributed by atoms with Crippen LogP contribution in [0.3, 0.4) is 0 Å². The van der Waals surface area contributed by atoms with Gasteiger partial charge in [0.25, 0.3) is 0 Å². The number of nitrogens with one attached hydrogen (secondary N) is 1. The van der Waals surface area contributed by atoms with Crippen molar-refractivity contribution in [1.29, 1.82) is 0 Å². The average Bonchev–Trinajstić information content (AvgIpc) is 2.25. The molecule has 0 heterocycles. The maximum absolute atomic E-state index is 12.7. The van der Waals surface area contributed by atoms with Gasteiger partial charge in [0.15, 0.2) is 0 Å². The van der Waals surface area contributed by atoms with Crippen LogP contribution in [0, 0.1) is 6.92 Å². The Morgan fingerprint density at radius 2 is 1.84 bits per heavy atom. The second-order valence-corrected chi connectivity index (χ2v) is 3.91. The van der Waals surface area contributed by atoms with Gasteiger partial charge in [0, 0.05) is 5.69 Å². The van der Waals surface area contributed by atoms with E-state index in [4.69, 9.17) is 5.11 Å². The monoisotopic (exact) mass is 283 g/mol. The molecule has 0 saturated carbocycles. The van der Waals surface area contributed by atoms with E-state index in [1.165, 1.54) is 12.1 Å². The predicted molar refractivity (Wildman–Crippen MR) is 57.6 cm³/mol. The molecule has 0 aromatic heterocycles. The fraction of sp³-hybridized carbons (Fsp3) is 0.364. The first-order valence-electron chi connectivity index (χ1n) is 5.07. The molecule has 0 atom stereocenters. The van der Waals surface area contributed by atoms with Gasteiger partial charge in [-0.2, -0.15) is 22.0 Å². The topological polar surface area (TPSA) is 49.3 Å². The maximum atomic E-state index is 12.7. The minimum Gasteiger partial charge on any atom is -0.478 e. The average molecular weight is 283 g/mol. The standard InChI is InChI=1S/C11H10F5NO2/c1-6-2-3-8(7(4-6)9(18)19)17-5-10(12,13)11(14,15)16/h2-4,17H,5H2,1H3,(H,18,19). The zero-order chi connectivity index (χ0) is 14.8. The van der Waals surface area contributed by atoms with E-state index >= 15 is 0 Å². The number of rotatable bonds is 4. The van der Waals surface area contributed by atoms with E-state index in [0.29, 0.717) is 5.56 Å². The quantitative estimate of drug-likeness (QED) is 0.833. The van der Waals surface area contributed by atoms with Crippen LogP contribution in [-0.4, -0.2) is 29.7 Å². The minimum atomic E-state index is -5.69. The number of hydrogen-bond acceptors (Lipinski definition) is 2. The van der Waals surface area contributed by atoms with E-state index in [2.05, 4.69) is 0 Å². The molecule has 106 valence electrons. The lowest BCUT2D eigenvalue weighted by atomic mass is 10.1. The molecule has 0 fully saturated rings. The van der Waals surface area contributed by atoms with Crippen LogP contribution >= 0.6 is 0 Å². The lowest BCUT2D eigenvalue weighted by Gasteiger charge is -2.21. The van der Waals surface area contributed by atoms with E-state index in [-0.39, 0.29) is 11.3 Å². The first-order valence-corrected chi connectivity index (χ1v) is 5.07. The summed E-state index contributed by atoms with van der Waals surface area (Å²) in [6.07, 6.45) is -5.69. The SMILES string of the molecule is Cc1ccc(NCC(F)(F)C(F)(F)F)c(C(=O)O)c1. The number of carbonyl (C=O) groups is 1. The molecule has 0 bridgehead atoms. The van der Waals surface area contributed by atoms with Gasteiger partial charge in [-0.3, -0.25) is 0 Å². The molecule has 2 N–H and O–H groups in total. The molecule has 1 rings (SSSR count). The molecule has 0 saturated heterocycles. The van der Waals surface area contributed by atoms with Gasteiger partial charge in [-0.05, 0) is 19.1 Å². The maximum Gasteiger partial charge on any atom is 0.455 e. The number of halogens is 5. The Kier molecular flexibility index (Phi) is 4.02. The number of aryl methyl sites for hydroxylation is 1. The molecule has 1 aromatic carbocycles. The molecule has 3 nitrogen and oxygen atoms in total. The van der Waals surface area contributed by atoms with Crippen LogP contribution in [0.5, 0.6) is 0 Å². The predicted octanol–water partition coefficient (Wildman–Crippen LogP) is 3.30. The van der Waals surface area contributed by atoms with Crippen LogP contribution in [0.4, 0.5) is 27.6 Å². The van der Waals surface area contributed by atoms with E-state index in [1.807, 2.05) is 5.32 Å². The fourth-order valence-corrected chi connectivity index (χ4v) is 1.30. The fourth-order valence-electron chi connectivity index (χ4n) is 1.30. The smallest absolute Gasteiger partial charge is 0.455 e. The molecule has 8 heteroatoms. The lowest BCUT2D eigenvalue weighted by molar-refractivity contribution is -0.275. The third-order valence-electron chi connectivity index (χ3n) is 2.32. The molecule has 0 unspecified atom stereocenters. The van der Waals surface area contributed by atoms with Crippen molar-refractivity contribution in [3.05, 3.63) is 29.3 Å². The van der Waals surface area contributed by atoms with Gasteiger partial charge in [-0.25, -0.2) is 4.79 Å². The van der Waals surface area contributed by atoms with Crippen molar-refractivity contribution >= 4 is 11.7 Å². The molecule has 19 heavy (non-hydrogen) atoms. The highest BCUT2D eigenvalue weighted by molar-refractivity contribution is 5.94. The van der Waals surface area contributed by atoms with Gasteiger partial charge in [0.1, 0.15) is 0 Å². The van der Waals surface area contributed by atoms with Gasteiger partial charge in [-0.1, -0.05) is 11.6 Å². The van der Waals surface area contributed by atoms with Crippen LogP contribution in [0.1, 0.15) is 15.9 Å². The molecule has 0 aliphatic heterocycles. The van der Waals surface area contributed by atoms with E-state index in [9.17, 15) is 26.7 Å². The first-order chi connectivity index (χ1) is 8.54. The normalized spacial score (nSPS) is 12.3. The highest BCUT2D eigenvalue weighted by Crippen LogP contribution is 2.35. The second-order valence-electron chi connectivity index (χ2n) is 3.91. The van der Waals surface area contributed by atoms with E-state index < -0.39 is 24.6 Å². The summed E-state index contributed by atoms with van der Waals surface area (Å²) >= 11 is 0. The van der Waals surface area contributed by atoms with Crippen molar-refractivity contribution in [2.24, 2.45) is 0 Å². The second kappa shape index (κ2) is 5.02. The number of hydrogen-bond donors (Lipinski definition) is 2. The number of benzene rings is 1. The van der Waals surface area contributed by atoms with Gasteiger partial charge in [-0.15, -0.1) is 0 Å². The number of carboxylic acid groups (broad SMARTS) is 1. The molecule has 0 aliphatic rings. The van der Waals surface area contributed by atoms with Gasteiger partial charge in [0.2, 0.25) is 0 Å². The van der Waals surface area contributed by atoms with Crippen molar-refractivity contribution in [2.45, 2.75) is 19.0 Å². The largest absolute Gasteiger partial charge is 0.478 e. The summed E-state index contributed by atoms with van der Waals surface area (Å²) in [5.41, 5.74) is -0.106. The van der Waals surface area contributed by atoms with Crippen LogP contribution < -0.4 is 5.32 Å². The summed E-state index contributed by atoms with van der Waals surface area (Å²) in [6.45, 7) is -0.152. The molecular weight excluding hydrogens is 273 g/mol. The third-order valence-corrected chi connectivity index (χ3v) is 2.32. The Morgan fingerprint density at radius 1 is 1.26 bits per heavy atom. The molecular formula is C11H10F5NO2. The number of carboxylic acids is 1. The zero-order valence-electron chi connectivity index (χ0n) is 9.68. The Bertz CT molecular complexity index is 484. The van der Waals surface area contributed by atoms with Crippen LogP contribution in [-0.2, 0) is 0 Å². The Balaban J connectivity index is 2.93. The van der Waals surface area contributed by atoms with Gasteiger partial charge >= 0.3 is 18.1 Å². The van der Waals surface area contributed by atoms with Crippen LogP contribution in [0.2, 0.25) is 0 Å². The van der Waals surface area contributed by atoms with Crippen molar-refractivity contribution in [2.75, 3.05) is 11.9 Å². The summed E-state index contributed by atoms with van der Waals surface area (Å²) in [4.78, 5) is 10.8. The van der Waals surface area contributed by atoms with Crippen molar-refractivity contribution < 1.29 is 31.9 Å². The number of anilines is 1. The molecule has 0 aliphatic carbocycles. The van der Waals surface area contributed by atoms with E-state index in [0.717, 1.165) is 6.07 Å². The van der Waals surface area contributed by atoms with Crippen molar-refractivity contribution in [3.63, 3.8) is 0 Å². The molecule has 0 amide bonds. The molecule has 1 aromatic rings. The summed E-state index contributed by atoms with van der Waals surface area (Å²) in [5, 5.41) is 10.6. The lowest BCUT2D eigenvalue weighted by Crippen LogP contribution is -2.42. The minimum absolute atomic E-state index is 0.290. The summed E-state index contributed by atoms with van der Waals surface area (Å²) in [7, 11) is 0. The zero-order valence-corrected chi connectivity index (χ0v) is 9.68. The molecule has 0 spiro atoms. The highest BCUT2D eigenvalue weighted by Gasteiger charge is 2.57. The Hall–Kier alpha value is -1.86.